The van der Waals surface area contributed by atoms with Crippen LogP contribution in [-0.4, -0.2) is 42.6 Å². The molecule has 0 unspecified atom stereocenters. The van der Waals surface area contributed by atoms with Gasteiger partial charge in [-0.2, -0.15) is 0 Å². The van der Waals surface area contributed by atoms with Gasteiger partial charge in [-0.25, -0.2) is 0 Å². The summed E-state index contributed by atoms with van der Waals surface area (Å²) >= 11 is 0. The van der Waals surface area contributed by atoms with E-state index in [1.807, 2.05) is 6.92 Å². The van der Waals surface area contributed by atoms with Crippen molar-refractivity contribution in [1.29, 1.82) is 0 Å². The molecule has 4 heteroatoms. The molecular weight excluding hydrogens is 192 g/mol. The van der Waals surface area contributed by atoms with Crippen molar-refractivity contribution >= 4 is 5.97 Å². The molecule has 2 N–H and O–H groups in total. The third-order valence-corrected chi connectivity index (χ3v) is 3.03. The minimum absolute atomic E-state index is 0.102. The third kappa shape index (κ3) is 2.32. The van der Waals surface area contributed by atoms with E-state index in [1.54, 1.807) is 0 Å². The first-order chi connectivity index (χ1) is 6.85. The van der Waals surface area contributed by atoms with Gasteiger partial charge < -0.3 is 10.5 Å². The summed E-state index contributed by atoms with van der Waals surface area (Å²) < 4.78 is 5.06. The highest BCUT2D eigenvalue weighted by Gasteiger charge is 2.52. The van der Waals surface area contributed by atoms with Gasteiger partial charge in [-0.1, -0.05) is 0 Å². The molecule has 1 aliphatic rings. The van der Waals surface area contributed by atoms with E-state index in [0.717, 1.165) is 0 Å². The van der Waals surface area contributed by atoms with Crippen molar-refractivity contribution in [1.82, 2.24) is 4.90 Å². The number of hydrogen-bond donors (Lipinski definition) is 1. The molecule has 0 aromatic carbocycles. The Labute approximate surface area is 91.8 Å². The fourth-order valence-corrected chi connectivity index (χ4v) is 1.78. The second-order valence-corrected chi connectivity index (χ2v) is 5.23. The molecule has 0 bridgehead atoms. The number of esters is 1. The molecule has 0 aromatic rings. The molecule has 0 spiro atoms. The van der Waals surface area contributed by atoms with Gasteiger partial charge in [0.1, 0.15) is 5.41 Å². The van der Waals surface area contributed by atoms with Crippen LogP contribution in [0.1, 0.15) is 27.7 Å². The lowest BCUT2D eigenvalue weighted by molar-refractivity contribution is -0.170. The van der Waals surface area contributed by atoms with E-state index in [0.29, 0.717) is 26.2 Å². The largest absolute Gasteiger partial charge is 0.465 e. The molecule has 0 amide bonds. The Hall–Kier alpha value is -0.610. The molecule has 1 heterocycles. The number of hydrogen-bond acceptors (Lipinski definition) is 4. The van der Waals surface area contributed by atoms with E-state index in [2.05, 4.69) is 25.7 Å². The van der Waals surface area contributed by atoms with E-state index < -0.39 is 5.41 Å². The zero-order valence-electron chi connectivity index (χ0n) is 10.2. The van der Waals surface area contributed by atoms with Gasteiger partial charge in [0.25, 0.3) is 0 Å². The van der Waals surface area contributed by atoms with Crippen LogP contribution < -0.4 is 5.73 Å². The Morgan fingerprint density at radius 3 is 2.33 bits per heavy atom. The number of carbonyl (C=O) groups is 1. The maximum Gasteiger partial charge on any atom is 0.315 e. The van der Waals surface area contributed by atoms with E-state index in [1.165, 1.54) is 0 Å². The van der Waals surface area contributed by atoms with Gasteiger partial charge in [0.05, 0.1) is 6.61 Å². The first-order valence-electron chi connectivity index (χ1n) is 5.48. The summed E-state index contributed by atoms with van der Waals surface area (Å²) in [7, 11) is 0. The molecule has 0 saturated carbocycles. The van der Waals surface area contributed by atoms with Crippen LogP contribution in [0.3, 0.4) is 0 Å². The molecule has 0 aliphatic carbocycles. The number of rotatable bonds is 3. The predicted molar refractivity (Wildman–Crippen MR) is 59.4 cm³/mol. The molecule has 1 fully saturated rings. The molecule has 1 aliphatic heterocycles. The van der Waals surface area contributed by atoms with E-state index in [9.17, 15) is 4.79 Å². The fraction of sp³-hybridized carbons (Fsp3) is 0.909. The van der Waals surface area contributed by atoms with Crippen LogP contribution in [0, 0.1) is 5.41 Å². The quantitative estimate of drug-likeness (QED) is 0.699. The van der Waals surface area contributed by atoms with Crippen molar-refractivity contribution in [2.45, 2.75) is 33.2 Å². The van der Waals surface area contributed by atoms with E-state index >= 15 is 0 Å². The maximum absolute atomic E-state index is 11.7. The Morgan fingerprint density at radius 1 is 1.47 bits per heavy atom. The van der Waals surface area contributed by atoms with Crippen molar-refractivity contribution in [2.75, 3.05) is 26.2 Å². The number of likely N-dealkylation sites (tertiary alicyclic amines) is 1. The minimum Gasteiger partial charge on any atom is -0.465 e. The highest BCUT2D eigenvalue weighted by molar-refractivity contribution is 5.79. The third-order valence-electron chi connectivity index (χ3n) is 3.03. The second-order valence-electron chi connectivity index (χ2n) is 5.23. The molecule has 1 rings (SSSR count). The number of ether oxygens (including phenoxy) is 1. The van der Waals surface area contributed by atoms with Gasteiger partial charge in [0.2, 0.25) is 0 Å². The van der Waals surface area contributed by atoms with Crippen LogP contribution in [0.25, 0.3) is 0 Å². The van der Waals surface area contributed by atoms with E-state index in [-0.39, 0.29) is 11.5 Å². The summed E-state index contributed by atoms with van der Waals surface area (Å²) in [5, 5.41) is 0. The predicted octanol–water partition coefficient (Wildman–Crippen LogP) is 0.609. The molecule has 0 aromatic heterocycles. The van der Waals surface area contributed by atoms with Gasteiger partial charge in [-0.3, -0.25) is 9.69 Å². The summed E-state index contributed by atoms with van der Waals surface area (Å²) in [5.74, 6) is -0.145. The zero-order valence-corrected chi connectivity index (χ0v) is 10.2. The normalized spacial score (nSPS) is 20.9. The Morgan fingerprint density at radius 2 is 2.00 bits per heavy atom. The van der Waals surface area contributed by atoms with Crippen molar-refractivity contribution in [3.05, 3.63) is 0 Å². The average molecular weight is 214 g/mol. The molecule has 1 saturated heterocycles. The minimum atomic E-state index is -0.455. The van der Waals surface area contributed by atoms with Gasteiger partial charge in [-0.15, -0.1) is 0 Å². The number of carbonyl (C=O) groups excluding carboxylic acids is 1. The van der Waals surface area contributed by atoms with Gasteiger partial charge in [0, 0.05) is 25.2 Å². The fourth-order valence-electron chi connectivity index (χ4n) is 1.78. The maximum atomic E-state index is 11.7. The van der Waals surface area contributed by atoms with Crippen molar-refractivity contribution in [2.24, 2.45) is 11.1 Å². The van der Waals surface area contributed by atoms with Crippen LogP contribution in [0.2, 0.25) is 0 Å². The molecular formula is C11H22N2O2. The van der Waals surface area contributed by atoms with Crippen LogP contribution >= 0.6 is 0 Å². The Bertz CT molecular complexity index is 239. The molecule has 0 atom stereocenters. The Balaban J connectivity index is 2.59. The van der Waals surface area contributed by atoms with Crippen molar-refractivity contribution in [3.63, 3.8) is 0 Å². The van der Waals surface area contributed by atoms with Crippen LogP contribution in [-0.2, 0) is 9.53 Å². The van der Waals surface area contributed by atoms with Gasteiger partial charge >= 0.3 is 5.97 Å². The number of nitrogens with two attached hydrogens (primary N) is 1. The Kier molecular flexibility index (Phi) is 3.41. The summed E-state index contributed by atoms with van der Waals surface area (Å²) in [4.78, 5) is 14.0. The van der Waals surface area contributed by atoms with Crippen LogP contribution in [0.5, 0.6) is 0 Å². The lowest BCUT2D eigenvalue weighted by atomic mass is 9.77. The lowest BCUT2D eigenvalue weighted by Crippen LogP contribution is -2.68. The summed E-state index contributed by atoms with van der Waals surface area (Å²) in [5.41, 5.74) is 5.33. The van der Waals surface area contributed by atoms with Crippen LogP contribution in [0.4, 0.5) is 0 Å². The van der Waals surface area contributed by atoms with Crippen LogP contribution in [0.15, 0.2) is 0 Å². The number of nitrogens with zero attached hydrogens (tertiary/aromatic N) is 1. The second kappa shape index (κ2) is 4.10. The van der Waals surface area contributed by atoms with Crippen molar-refractivity contribution in [3.8, 4) is 0 Å². The molecule has 4 nitrogen and oxygen atoms in total. The highest BCUT2D eigenvalue weighted by Crippen LogP contribution is 2.35. The SMILES string of the molecule is CCOC(=O)C1(CN)CN(C(C)(C)C)C1. The molecule has 0 radical (unpaired) electrons. The zero-order chi connectivity index (χ0) is 11.7. The van der Waals surface area contributed by atoms with Gasteiger partial charge in [0.15, 0.2) is 0 Å². The first-order valence-corrected chi connectivity index (χ1v) is 5.48. The van der Waals surface area contributed by atoms with E-state index in [4.69, 9.17) is 10.5 Å². The average Bonchev–Trinajstić information content (AvgIpc) is 2.01. The van der Waals surface area contributed by atoms with Crippen molar-refractivity contribution < 1.29 is 9.53 Å². The molecule has 15 heavy (non-hydrogen) atoms. The summed E-state index contributed by atoms with van der Waals surface area (Å²) in [6.07, 6.45) is 0. The molecule has 88 valence electrons. The topological polar surface area (TPSA) is 55.6 Å². The first kappa shape index (κ1) is 12.5. The smallest absolute Gasteiger partial charge is 0.315 e. The highest BCUT2D eigenvalue weighted by atomic mass is 16.5. The lowest BCUT2D eigenvalue weighted by Gasteiger charge is -2.53. The summed E-state index contributed by atoms with van der Waals surface area (Å²) in [6.45, 7) is 10.5. The van der Waals surface area contributed by atoms with Gasteiger partial charge in [-0.05, 0) is 27.7 Å². The summed E-state index contributed by atoms with van der Waals surface area (Å²) in [6, 6.07) is 0. The monoisotopic (exact) mass is 214 g/mol. The standard InChI is InChI=1S/C11H22N2O2/c1-5-15-9(14)11(6-12)7-13(8-11)10(2,3)4/h5-8,12H2,1-4H3.